The second-order valence-corrected chi connectivity index (χ2v) is 5.96. The minimum atomic E-state index is -0.402. The summed E-state index contributed by atoms with van der Waals surface area (Å²) < 4.78 is 0. The van der Waals surface area contributed by atoms with E-state index in [0.717, 1.165) is 6.54 Å². The first-order valence-corrected chi connectivity index (χ1v) is 5.86. The third kappa shape index (κ3) is 4.65. The average Bonchev–Trinajstić information content (AvgIpc) is 2.47. The molecule has 1 fully saturated rings. The van der Waals surface area contributed by atoms with Gasteiger partial charge >= 0.3 is 0 Å². The lowest BCUT2D eigenvalue weighted by Crippen LogP contribution is -2.41. The van der Waals surface area contributed by atoms with Gasteiger partial charge in [-0.1, -0.05) is 19.8 Å². The van der Waals surface area contributed by atoms with E-state index in [1.165, 1.54) is 25.7 Å². The minimum absolute atomic E-state index is 0.0793. The van der Waals surface area contributed by atoms with Gasteiger partial charge in [-0.15, -0.1) is 0 Å². The zero-order chi connectivity index (χ0) is 11.5. The molecule has 1 aliphatic rings. The summed E-state index contributed by atoms with van der Waals surface area (Å²) in [6.07, 6.45) is 5.48. The van der Waals surface area contributed by atoms with Gasteiger partial charge in [-0.05, 0) is 32.1 Å². The van der Waals surface area contributed by atoms with Gasteiger partial charge in [-0.3, -0.25) is 4.79 Å². The van der Waals surface area contributed by atoms with Crippen molar-refractivity contribution in [3.05, 3.63) is 0 Å². The van der Waals surface area contributed by atoms with Crippen LogP contribution in [0.15, 0.2) is 0 Å². The van der Waals surface area contributed by atoms with Crippen molar-refractivity contribution in [2.75, 3.05) is 6.54 Å². The lowest BCUT2D eigenvalue weighted by Gasteiger charge is -2.25. The van der Waals surface area contributed by atoms with E-state index in [1.54, 1.807) is 0 Å². The fraction of sp³-hybridized carbons (Fsp3) is 0.917. The van der Waals surface area contributed by atoms with E-state index in [-0.39, 0.29) is 5.91 Å². The number of carbonyl (C=O) groups is 1. The molecule has 3 heteroatoms. The SMILES string of the molecule is CC(C)(N)CC(=O)NCC1(C)CCCC1. The van der Waals surface area contributed by atoms with E-state index in [1.807, 2.05) is 13.8 Å². The van der Waals surface area contributed by atoms with Crippen molar-refractivity contribution in [3.63, 3.8) is 0 Å². The number of rotatable bonds is 4. The van der Waals surface area contributed by atoms with Gasteiger partial charge in [-0.25, -0.2) is 0 Å². The van der Waals surface area contributed by atoms with Gasteiger partial charge in [0.2, 0.25) is 5.91 Å². The molecule has 0 atom stereocenters. The topological polar surface area (TPSA) is 55.1 Å². The largest absolute Gasteiger partial charge is 0.355 e. The molecule has 0 aliphatic heterocycles. The third-order valence-corrected chi connectivity index (χ3v) is 3.14. The molecule has 0 spiro atoms. The van der Waals surface area contributed by atoms with Crippen molar-refractivity contribution in [2.45, 2.75) is 58.4 Å². The smallest absolute Gasteiger partial charge is 0.221 e. The van der Waals surface area contributed by atoms with Crippen LogP contribution in [0.1, 0.15) is 52.9 Å². The van der Waals surface area contributed by atoms with Crippen LogP contribution in [0.2, 0.25) is 0 Å². The Morgan fingerprint density at radius 2 is 1.93 bits per heavy atom. The number of nitrogens with two attached hydrogens (primary N) is 1. The maximum atomic E-state index is 11.6. The summed E-state index contributed by atoms with van der Waals surface area (Å²) in [7, 11) is 0. The highest BCUT2D eigenvalue weighted by Crippen LogP contribution is 2.36. The highest BCUT2D eigenvalue weighted by atomic mass is 16.1. The number of amides is 1. The Kier molecular flexibility index (Phi) is 3.77. The maximum Gasteiger partial charge on any atom is 0.221 e. The molecular formula is C12H24N2O. The number of hydrogen-bond acceptors (Lipinski definition) is 2. The molecule has 1 aliphatic carbocycles. The number of carbonyl (C=O) groups excluding carboxylic acids is 1. The summed E-state index contributed by atoms with van der Waals surface area (Å²) in [4.78, 5) is 11.6. The van der Waals surface area contributed by atoms with Crippen molar-refractivity contribution in [1.29, 1.82) is 0 Å². The van der Waals surface area contributed by atoms with E-state index >= 15 is 0 Å². The fourth-order valence-corrected chi connectivity index (χ4v) is 2.19. The van der Waals surface area contributed by atoms with Crippen LogP contribution in [0.3, 0.4) is 0 Å². The van der Waals surface area contributed by atoms with Gasteiger partial charge in [0.05, 0.1) is 0 Å². The zero-order valence-corrected chi connectivity index (χ0v) is 10.2. The van der Waals surface area contributed by atoms with E-state index in [4.69, 9.17) is 5.73 Å². The van der Waals surface area contributed by atoms with Crippen LogP contribution < -0.4 is 11.1 Å². The van der Waals surface area contributed by atoms with Crippen molar-refractivity contribution in [2.24, 2.45) is 11.1 Å². The Bertz CT molecular complexity index is 224. The lowest BCUT2D eigenvalue weighted by molar-refractivity contribution is -0.122. The first-order chi connectivity index (χ1) is 6.81. The standard InChI is InChI=1S/C12H24N2O/c1-11(2,13)8-10(15)14-9-12(3)6-4-5-7-12/h4-9,13H2,1-3H3,(H,14,15). The molecule has 3 nitrogen and oxygen atoms in total. The molecule has 0 aromatic heterocycles. The predicted octanol–water partition coefficient (Wildman–Crippen LogP) is 1.81. The van der Waals surface area contributed by atoms with Crippen molar-refractivity contribution >= 4 is 5.91 Å². The quantitative estimate of drug-likeness (QED) is 0.746. The fourth-order valence-electron chi connectivity index (χ4n) is 2.19. The monoisotopic (exact) mass is 212 g/mol. The van der Waals surface area contributed by atoms with Crippen LogP contribution in [0.25, 0.3) is 0 Å². The molecule has 0 unspecified atom stereocenters. The Hall–Kier alpha value is -0.570. The second-order valence-electron chi connectivity index (χ2n) is 5.96. The summed E-state index contributed by atoms with van der Waals surface area (Å²) in [5.74, 6) is 0.0793. The predicted molar refractivity (Wildman–Crippen MR) is 62.5 cm³/mol. The normalized spacial score (nSPS) is 20.3. The van der Waals surface area contributed by atoms with E-state index < -0.39 is 5.54 Å². The highest BCUT2D eigenvalue weighted by Gasteiger charge is 2.29. The zero-order valence-electron chi connectivity index (χ0n) is 10.2. The number of hydrogen-bond donors (Lipinski definition) is 2. The molecule has 88 valence electrons. The van der Waals surface area contributed by atoms with Gasteiger partial charge in [0, 0.05) is 18.5 Å². The molecular weight excluding hydrogens is 188 g/mol. The van der Waals surface area contributed by atoms with Gasteiger partial charge in [0.1, 0.15) is 0 Å². The molecule has 1 rings (SSSR count). The van der Waals surface area contributed by atoms with Crippen LogP contribution in [0.5, 0.6) is 0 Å². The van der Waals surface area contributed by atoms with Gasteiger partial charge in [0.25, 0.3) is 0 Å². The van der Waals surface area contributed by atoms with E-state index in [2.05, 4.69) is 12.2 Å². The molecule has 1 amide bonds. The van der Waals surface area contributed by atoms with Crippen LogP contribution in [0.4, 0.5) is 0 Å². The summed E-state index contributed by atoms with van der Waals surface area (Å²) in [6, 6.07) is 0. The first-order valence-electron chi connectivity index (χ1n) is 5.86. The third-order valence-electron chi connectivity index (χ3n) is 3.14. The van der Waals surface area contributed by atoms with Crippen molar-refractivity contribution < 1.29 is 4.79 Å². The summed E-state index contributed by atoms with van der Waals surface area (Å²) in [5.41, 5.74) is 5.72. The molecule has 15 heavy (non-hydrogen) atoms. The maximum absolute atomic E-state index is 11.6. The summed E-state index contributed by atoms with van der Waals surface area (Å²) in [5, 5.41) is 3.00. The molecule has 1 saturated carbocycles. The molecule has 0 saturated heterocycles. The van der Waals surface area contributed by atoms with Gasteiger partial charge < -0.3 is 11.1 Å². The molecule has 0 heterocycles. The Morgan fingerprint density at radius 1 is 1.40 bits per heavy atom. The Balaban J connectivity index is 2.28. The van der Waals surface area contributed by atoms with E-state index in [9.17, 15) is 4.79 Å². The first kappa shape index (κ1) is 12.5. The Labute approximate surface area is 92.8 Å². The summed E-state index contributed by atoms with van der Waals surface area (Å²) >= 11 is 0. The van der Waals surface area contributed by atoms with E-state index in [0.29, 0.717) is 11.8 Å². The van der Waals surface area contributed by atoms with Crippen LogP contribution in [-0.4, -0.2) is 18.0 Å². The van der Waals surface area contributed by atoms with Gasteiger partial charge in [-0.2, -0.15) is 0 Å². The second kappa shape index (κ2) is 4.52. The van der Waals surface area contributed by atoms with Crippen LogP contribution >= 0.6 is 0 Å². The minimum Gasteiger partial charge on any atom is -0.355 e. The lowest BCUT2D eigenvalue weighted by atomic mass is 9.89. The van der Waals surface area contributed by atoms with Crippen molar-refractivity contribution in [3.8, 4) is 0 Å². The Morgan fingerprint density at radius 3 is 2.40 bits per heavy atom. The average molecular weight is 212 g/mol. The van der Waals surface area contributed by atoms with Crippen LogP contribution in [-0.2, 0) is 4.79 Å². The molecule has 0 radical (unpaired) electrons. The molecule has 0 aromatic carbocycles. The van der Waals surface area contributed by atoms with Crippen molar-refractivity contribution in [1.82, 2.24) is 5.32 Å². The summed E-state index contributed by atoms with van der Waals surface area (Å²) in [6.45, 7) is 6.82. The molecule has 3 N–H and O–H groups in total. The van der Waals surface area contributed by atoms with Gasteiger partial charge in [0.15, 0.2) is 0 Å². The highest BCUT2D eigenvalue weighted by molar-refractivity contribution is 5.77. The molecule has 0 aromatic rings. The van der Waals surface area contributed by atoms with Crippen LogP contribution in [0, 0.1) is 5.41 Å². The molecule has 0 bridgehead atoms. The number of nitrogens with one attached hydrogen (secondary N) is 1.